The highest BCUT2D eigenvalue weighted by Crippen LogP contribution is 2.15. The quantitative estimate of drug-likeness (QED) is 0.446. The molecule has 1 aliphatic heterocycles. The average Bonchev–Trinajstić information content (AvgIpc) is 2.71. The van der Waals surface area contributed by atoms with Crippen LogP contribution < -0.4 is 5.32 Å². The first-order chi connectivity index (χ1) is 12.3. The first-order valence-corrected chi connectivity index (χ1v) is 10.2. The van der Waals surface area contributed by atoms with Crippen LogP contribution in [0.1, 0.15) is 85.0 Å². The van der Waals surface area contributed by atoms with Crippen LogP contribution in [0.3, 0.4) is 0 Å². The summed E-state index contributed by atoms with van der Waals surface area (Å²) in [5.74, 6) is 0.0411. The number of allylic oxidation sites excluding steroid dienone is 1. The van der Waals surface area contributed by atoms with Gasteiger partial charge in [0.1, 0.15) is 11.6 Å². The number of likely N-dealkylation sites (tertiary alicyclic amines) is 1. The maximum Gasteiger partial charge on any atom is 0.408 e. The van der Waals surface area contributed by atoms with Crippen molar-refractivity contribution in [2.45, 2.75) is 96.6 Å². The first-order valence-electron chi connectivity index (χ1n) is 10.2. The number of carbonyl (C=O) groups is 2. The summed E-state index contributed by atoms with van der Waals surface area (Å²) in [5, 5.41) is 2.76. The fourth-order valence-corrected chi connectivity index (χ4v) is 3.21. The van der Waals surface area contributed by atoms with E-state index in [1.54, 1.807) is 0 Å². The van der Waals surface area contributed by atoms with Crippen molar-refractivity contribution in [2.24, 2.45) is 0 Å². The van der Waals surface area contributed by atoms with Crippen molar-refractivity contribution in [1.82, 2.24) is 10.2 Å². The summed E-state index contributed by atoms with van der Waals surface area (Å²) in [6.45, 7) is 10.8. The molecular weight excluding hydrogens is 328 g/mol. The van der Waals surface area contributed by atoms with Gasteiger partial charge in [-0.3, -0.25) is 4.79 Å². The van der Waals surface area contributed by atoms with E-state index in [1.165, 1.54) is 25.7 Å². The lowest BCUT2D eigenvalue weighted by atomic mass is 10.1. The molecule has 0 radical (unpaired) electrons. The highest BCUT2D eigenvalue weighted by molar-refractivity contribution is 5.86. The van der Waals surface area contributed by atoms with Gasteiger partial charge >= 0.3 is 6.09 Å². The molecule has 0 bridgehead atoms. The Morgan fingerprint density at radius 3 is 2.50 bits per heavy atom. The third-order valence-electron chi connectivity index (χ3n) is 4.56. The second kappa shape index (κ2) is 12.0. The number of nitrogens with one attached hydrogen (secondary N) is 1. The summed E-state index contributed by atoms with van der Waals surface area (Å²) in [5.41, 5.74) is -0.552. The Morgan fingerprint density at radius 1 is 1.19 bits per heavy atom. The van der Waals surface area contributed by atoms with E-state index in [4.69, 9.17) is 4.74 Å². The van der Waals surface area contributed by atoms with Crippen molar-refractivity contribution in [3.8, 4) is 0 Å². The molecule has 5 nitrogen and oxygen atoms in total. The van der Waals surface area contributed by atoms with Crippen LogP contribution in [-0.2, 0) is 9.53 Å². The van der Waals surface area contributed by atoms with Gasteiger partial charge in [0.15, 0.2) is 0 Å². The number of hydrogen-bond acceptors (Lipinski definition) is 3. The fraction of sp³-hybridized carbons (Fsp3) is 0.810. The van der Waals surface area contributed by atoms with Crippen LogP contribution in [-0.4, -0.2) is 41.6 Å². The summed E-state index contributed by atoms with van der Waals surface area (Å²) in [4.78, 5) is 26.6. The number of amides is 2. The van der Waals surface area contributed by atoms with E-state index in [9.17, 15) is 9.59 Å². The SMILES string of the molecule is C=CCCCCCCCCN1CCCC[C@H](NC(=O)OC(C)(C)C)C1=O. The van der Waals surface area contributed by atoms with Crippen LogP contribution in [0.5, 0.6) is 0 Å². The van der Waals surface area contributed by atoms with Gasteiger partial charge in [0.2, 0.25) is 5.91 Å². The van der Waals surface area contributed by atoms with Crippen LogP contribution >= 0.6 is 0 Å². The molecule has 0 unspecified atom stereocenters. The third kappa shape index (κ3) is 9.83. The van der Waals surface area contributed by atoms with Crippen molar-refractivity contribution < 1.29 is 14.3 Å². The number of nitrogens with zero attached hydrogens (tertiary/aromatic N) is 1. The molecule has 1 fully saturated rings. The molecule has 2 amide bonds. The first kappa shape index (κ1) is 22.5. The Balaban J connectivity index is 2.33. The normalized spacial score (nSPS) is 18.3. The van der Waals surface area contributed by atoms with E-state index in [0.29, 0.717) is 6.42 Å². The monoisotopic (exact) mass is 366 g/mol. The van der Waals surface area contributed by atoms with E-state index in [-0.39, 0.29) is 5.91 Å². The summed E-state index contributed by atoms with van der Waals surface area (Å²) < 4.78 is 5.29. The van der Waals surface area contributed by atoms with Crippen molar-refractivity contribution in [1.29, 1.82) is 0 Å². The number of alkyl carbamates (subject to hydrolysis) is 1. The molecule has 1 aliphatic rings. The maximum atomic E-state index is 12.7. The standard InChI is InChI=1S/C21H38N2O3/c1-5-6-7-8-9-10-11-13-16-23-17-14-12-15-18(19(23)24)22-20(25)26-21(2,3)4/h5,18H,1,6-17H2,2-4H3,(H,22,25)/t18-/m0/s1. The van der Waals surface area contributed by atoms with E-state index in [0.717, 1.165) is 45.2 Å². The second-order valence-electron chi connectivity index (χ2n) is 8.22. The Bertz CT molecular complexity index is 443. The van der Waals surface area contributed by atoms with Crippen LogP contribution in [0.2, 0.25) is 0 Å². The lowest BCUT2D eigenvalue weighted by molar-refractivity contribution is -0.133. The molecule has 26 heavy (non-hydrogen) atoms. The summed E-state index contributed by atoms with van der Waals surface area (Å²) in [6, 6.07) is -0.453. The van der Waals surface area contributed by atoms with Gasteiger partial charge in [0.05, 0.1) is 0 Å². The summed E-state index contributed by atoms with van der Waals surface area (Å²) >= 11 is 0. The van der Waals surface area contributed by atoms with Gasteiger partial charge in [-0.2, -0.15) is 0 Å². The second-order valence-corrected chi connectivity index (χ2v) is 8.22. The predicted octanol–water partition coefficient (Wildman–Crippen LogP) is 4.81. The van der Waals surface area contributed by atoms with E-state index in [1.807, 2.05) is 31.7 Å². The highest BCUT2D eigenvalue weighted by Gasteiger charge is 2.29. The molecule has 0 saturated carbocycles. The molecule has 1 rings (SSSR count). The van der Waals surface area contributed by atoms with Crippen molar-refractivity contribution in [2.75, 3.05) is 13.1 Å². The van der Waals surface area contributed by atoms with Crippen molar-refractivity contribution in [3.05, 3.63) is 12.7 Å². The topological polar surface area (TPSA) is 58.6 Å². The molecule has 0 aliphatic carbocycles. The van der Waals surface area contributed by atoms with Gasteiger partial charge in [0, 0.05) is 13.1 Å². The lowest BCUT2D eigenvalue weighted by Crippen LogP contribution is -2.48. The number of hydrogen-bond donors (Lipinski definition) is 1. The molecule has 0 spiro atoms. The molecule has 5 heteroatoms. The average molecular weight is 367 g/mol. The van der Waals surface area contributed by atoms with Crippen LogP contribution in [0.4, 0.5) is 4.79 Å². The molecule has 1 atom stereocenters. The molecule has 1 N–H and O–H groups in total. The molecular formula is C21H38N2O3. The van der Waals surface area contributed by atoms with E-state index in [2.05, 4.69) is 11.9 Å². The largest absolute Gasteiger partial charge is 0.444 e. The zero-order valence-corrected chi connectivity index (χ0v) is 17.0. The highest BCUT2D eigenvalue weighted by atomic mass is 16.6. The van der Waals surface area contributed by atoms with Gasteiger partial charge in [-0.15, -0.1) is 6.58 Å². The Morgan fingerprint density at radius 2 is 1.85 bits per heavy atom. The maximum absolute atomic E-state index is 12.7. The predicted molar refractivity (Wildman–Crippen MR) is 106 cm³/mol. The van der Waals surface area contributed by atoms with Crippen LogP contribution in [0, 0.1) is 0 Å². The van der Waals surface area contributed by atoms with E-state index >= 15 is 0 Å². The summed E-state index contributed by atoms with van der Waals surface area (Å²) in [6.07, 6.45) is 12.4. The fourth-order valence-electron chi connectivity index (χ4n) is 3.21. The van der Waals surface area contributed by atoms with Gasteiger partial charge < -0.3 is 15.0 Å². The molecule has 0 aromatic carbocycles. The number of carbonyl (C=O) groups excluding carboxylic acids is 2. The Labute approximate surface area is 159 Å². The van der Waals surface area contributed by atoms with Crippen molar-refractivity contribution in [3.63, 3.8) is 0 Å². The number of unbranched alkanes of at least 4 members (excludes halogenated alkanes) is 6. The van der Waals surface area contributed by atoms with Gasteiger partial charge in [-0.05, 0) is 59.3 Å². The van der Waals surface area contributed by atoms with Gasteiger partial charge in [-0.25, -0.2) is 4.79 Å². The zero-order chi connectivity index (χ0) is 19.4. The Kier molecular flexibility index (Phi) is 10.4. The molecule has 150 valence electrons. The van der Waals surface area contributed by atoms with Crippen LogP contribution in [0.15, 0.2) is 12.7 Å². The molecule has 1 heterocycles. The summed E-state index contributed by atoms with van der Waals surface area (Å²) in [7, 11) is 0. The lowest BCUT2D eigenvalue weighted by Gasteiger charge is -2.26. The van der Waals surface area contributed by atoms with E-state index < -0.39 is 17.7 Å². The molecule has 1 saturated heterocycles. The third-order valence-corrected chi connectivity index (χ3v) is 4.56. The smallest absolute Gasteiger partial charge is 0.408 e. The molecule has 0 aromatic heterocycles. The minimum atomic E-state index is -0.552. The number of ether oxygens (including phenoxy) is 1. The van der Waals surface area contributed by atoms with Gasteiger partial charge in [0.25, 0.3) is 0 Å². The number of rotatable bonds is 10. The van der Waals surface area contributed by atoms with Crippen molar-refractivity contribution >= 4 is 12.0 Å². The van der Waals surface area contributed by atoms with Gasteiger partial charge in [-0.1, -0.05) is 31.8 Å². The van der Waals surface area contributed by atoms with Crippen LogP contribution in [0.25, 0.3) is 0 Å². The Hall–Kier alpha value is -1.52. The minimum absolute atomic E-state index is 0.0411. The minimum Gasteiger partial charge on any atom is -0.444 e. The molecule has 0 aromatic rings. The zero-order valence-electron chi connectivity index (χ0n) is 17.0.